The van der Waals surface area contributed by atoms with Gasteiger partial charge in [0.2, 0.25) is 0 Å². The summed E-state index contributed by atoms with van der Waals surface area (Å²) < 4.78 is 0. The van der Waals surface area contributed by atoms with E-state index in [4.69, 9.17) is 11.6 Å². The summed E-state index contributed by atoms with van der Waals surface area (Å²) in [6, 6.07) is 0. The number of nitrogens with one attached hydrogen (secondary N) is 1. The molecule has 0 unspecified atom stereocenters. The van der Waals surface area contributed by atoms with Crippen molar-refractivity contribution in [3.63, 3.8) is 0 Å². The van der Waals surface area contributed by atoms with Crippen LogP contribution in [0.25, 0.3) is 0 Å². The molecule has 0 saturated carbocycles. The first kappa shape index (κ1) is 5.70. The first-order valence-electron chi connectivity index (χ1n) is 2.49. The molecule has 8 heavy (non-hydrogen) atoms. The van der Waals surface area contributed by atoms with Crippen molar-refractivity contribution in [2.24, 2.45) is 0 Å². The second kappa shape index (κ2) is 2.23. The van der Waals surface area contributed by atoms with Gasteiger partial charge in [0.1, 0.15) is 5.16 Å². The van der Waals surface area contributed by atoms with Gasteiger partial charge in [-0.2, -0.15) is 0 Å². The Morgan fingerprint density at radius 1 is 1.88 bits per heavy atom. The standard InChI is InChI=1S/C6H7ClN/c1-5-2-3-8-6(7)4-5/h2,8H,3H2,1H3. The molecule has 1 aliphatic heterocycles. The fraction of sp³-hybridized carbons (Fsp3) is 0.333. The van der Waals surface area contributed by atoms with Crippen molar-refractivity contribution in [1.29, 1.82) is 0 Å². The minimum Gasteiger partial charge on any atom is -0.372 e. The third-order valence-electron chi connectivity index (χ3n) is 0.972. The number of hydrogen-bond acceptors (Lipinski definition) is 1. The summed E-state index contributed by atoms with van der Waals surface area (Å²) in [6.07, 6.45) is 4.94. The predicted octanol–water partition coefficient (Wildman–Crippen LogP) is 1.42. The van der Waals surface area contributed by atoms with Gasteiger partial charge in [0.15, 0.2) is 0 Å². The molecule has 0 aromatic rings. The number of hydrogen-bond donors (Lipinski definition) is 1. The molecule has 0 aromatic carbocycles. The molecule has 0 saturated heterocycles. The third kappa shape index (κ3) is 1.27. The maximum Gasteiger partial charge on any atom is 0.110 e. The smallest absolute Gasteiger partial charge is 0.110 e. The highest BCUT2D eigenvalue weighted by molar-refractivity contribution is 6.29. The summed E-state index contributed by atoms with van der Waals surface area (Å²) in [5.41, 5.74) is 1.11. The normalized spacial score (nSPS) is 18.8. The van der Waals surface area contributed by atoms with E-state index in [1.165, 1.54) is 0 Å². The summed E-state index contributed by atoms with van der Waals surface area (Å²) in [5, 5.41) is 3.52. The second-order valence-electron chi connectivity index (χ2n) is 1.71. The van der Waals surface area contributed by atoms with Gasteiger partial charge in [0, 0.05) is 12.6 Å². The lowest BCUT2D eigenvalue weighted by Crippen LogP contribution is -2.12. The topological polar surface area (TPSA) is 12.0 Å². The molecule has 0 bridgehead atoms. The molecular formula is C6H7ClN. The van der Waals surface area contributed by atoms with Crippen LogP contribution >= 0.6 is 11.6 Å². The van der Waals surface area contributed by atoms with Crippen LogP contribution in [0.1, 0.15) is 6.92 Å². The highest BCUT2D eigenvalue weighted by Crippen LogP contribution is 2.05. The average Bonchev–Trinajstić information content (AvgIpc) is 1.64. The zero-order valence-electron chi connectivity index (χ0n) is 4.66. The molecule has 0 atom stereocenters. The van der Waals surface area contributed by atoms with E-state index >= 15 is 0 Å². The van der Waals surface area contributed by atoms with Gasteiger partial charge >= 0.3 is 0 Å². The molecule has 1 heterocycles. The van der Waals surface area contributed by atoms with Crippen LogP contribution in [0.2, 0.25) is 0 Å². The minimum absolute atomic E-state index is 0.616. The molecule has 1 N–H and O–H groups in total. The summed E-state index contributed by atoms with van der Waals surface area (Å²) in [6.45, 7) is 2.81. The lowest BCUT2D eigenvalue weighted by atomic mass is 10.2. The predicted molar refractivity (Wildman–Crippen MR) is 34.4 cm³/mol. The fourth-order valence-corrected chi connectivity index (χ4v) is 0.788. The maximum absolute atomic E-state index is 5.57. The summed E-state index contributed by atoms with van der Waals surface area (Å²) in [4.78, 5) is 0. The van der Waals surface area contributed by atoms with Crippen molar-refractivity contribution in [1.82, 2.24) is 5.32 Å². The van der Waals surface area contributed by atoms with Crippen molar-refractivity contribution in [3.8, 4) is 0 Å². The highest BCUT2D eigenvalue weighted by atomic mass is 35.5. The van der Waals surface area contributed by atoms with E-state index in [0.717, 1.165) is 12.1 Å². The van der Waals surface area contributed by atoms with Gasteiger partial charge < -0.3 is 5.32 Å². The molecule has 0 aromatic heterocycles. The van der Waals surface area contributed by atoms with Crippen LogP contribution < -0.4 is 5.32 Å². The number of allylic oxidation sites excluding steroid dienone is 2. The molecule has 1 aliphatic rings. The van der Waals surface area contributed by atoms with Gasteiger partial charge in [-0.3, -0.25) is 0 Å². The lowest BCUT2D eigenvalue weighted by molar-refractivity contribution is 0.928. The van der Waals surface area contributed by atoms with Crippen LogP contribution in [0.5, 0.6) is 0 Å². The van der Waals surface area contributed by atoms with E-state index < -0.39 is 0 Å². The Kier molecular flexibility index (Phi) is 1.59. The summed E-state index contributed by atoms with van der Waals surface area (Å²) in [5.74, 6) is 0. The summed E-state index contributed by atoms with van der Waals surface area (Å²) >= 11 is 5.57. The van der Waals surface area contributed by atoms with Gasteiger partial charge in [-0.25, -0.2) is 0 Å². The van der Waals surface area contributed by atoms with Crippen LogP contribution in [-0.2, 0) is 0 Å². The molecule has 1 rings (SSSR count). The maximum atomic E-state index is 5.57. The quantitative estimate of drug-likeness (QED) is 0.487. The first-order valence-corrected chi connectivity index (χ1v) is 2.87. The Labute approximate surface area is 54.0 Å². The van der Waals surface area contributed by atoms with Crippen LogP contribution in [0.15, 0.2) is 16.8 Å². The molecule has 0 amide bonds. The van der Waals surface area contributed by atoms with Gasteiger partial charge in [-0.05, 0) is 12.5 Å². The second-order valence-corrected chi connectivity index (χ2v) is 2.08. The minimum atomic E-state index is 0.616. The Hall–Kier alpha value is -0.430. The first-order chi connectivity index (χ1) is 3.79. The van der Waals surface area contributed by atoms with Gasteiger partial charge in [0.05, 0.1) is 0 Å². The van der Waals surface area contributed by atoms with E-state index in [0.29, 0.717) is 5.16 Å². The number of halogens is 1. The fourth-order valence-electron chi connectivity index (χ4n) is 0.562. The lowest BCUT2D eigenvalue weighted by Gasteiger charge is -2.05. The SMILES string of the molecule is CC1=CCNC(Cl)=[C]1. The van der Waals surface area contributed by atoms with Crippen molar-refractivity contribution in [2.45, 2.75) is 6.92 Å². The number of rotatable bonds is 0. The van der Waals surface area contributed by atoms with E-state index in [2.05, 4.69) is 11.4 Å². The molecule has 0 aliphatic carbocycles. The summed E-state index contributed by atoms with van der Waals surface area (Å²) in [7, 11) is 0. The molecular weight excluding hydrogens is 122 g/mol. The Morgan fingerprint density at radius 2 is 2.62 bits per heavy atom. The largest absolute Gasteiger partial charge is 0.372 e. The van der Waals surface area contributed by atoms with E-state index in [9.17, 15) is 0 Å². The van der Waals surface area contributed by atoms with Gasteiger partial charge in [-0.15, -0.1) is 0 Å². The van der Waals surface area contributed by atoms with E-state index in [1.807, 2.05) is 13.0 Å². The van der Waals surface area contributed by atoms with Crippen LogP contribution in [0, 0.1) is 6.08 Å². The molecule has 1 radical (unpaired) electrons. The Balaban J connectivity index is 2.69. The molecule has 1 nitrogen and oxygen atoms in total. The monoisotopic (exact) mass is 128 g/mol. The zero-order valence-corrected chi connectivity index (χ0v) is 5.42. The Morgan fingerprint density at radius 3 is 3.00 bits per heavy atom. The van der Waals surface area contributed by atoms with Gasteiger partial charge in [-0.1, -0.05) is 17.7 Å². The average molecular weight is 129 g/mol. The molecule has 2 heteroatoms. The van der Waals surface area contributed by atoms with Crippen LogP contribution in [0.3, 0.4) is 0 Å². The van der Waals surface area contributed by atoms with Crippen molar-refractivity contribution < 1.29 is 0 Å². The highest BCUT2D eigenvalue weighted by Gasteiger charge is 1.95. The van der Waals surface area contributed by atoms with E-state index in [-0.39, 0.29) is 0 Å². The molecule has 0 fully saturated rings. The van der Waals surface area contributed by atoms with Gasteiger partial charge in [0.25, 0.3) is 0 Å². The van der Waals surface area contributed by atoms with Crippen molar-refractivity contribution in [3.05, 3.63) is 22.9 Å². The van der Waals surface area contributed by atoms with E-state index in [1.54, 1.807) is 0 Å². The van der Waals surface area contributed by atoms with Crippen LogP contribution in [-0.4, -0.2) is 6.54 Å². The Bertz CT molecular complexity index is 147. The van der Waals surface area contributed by atoms with Crippen molar-refractivity contribution >= 4 is 11.6 Å². The van der Waals surface area contributed by atoms with Crippen molar-refractivity contribution in [2.75, 3.05) is 6.54 Å². The number of dihydropyridines is 1. The van der Waals surface area contributed by atoms with Crippen LogP contribution in [0.4, 0.5) is 0 Å². The molecule has 43 valence electrons. The zero-order chi connectivity index (χ0) is 5.98. The third-order valence-corrected chi connectivity index (χ3v) is 1.20. The molecule has 0 spiro atoms.